The fraction of sp³-hybridized carbons (Fsp3) is 0.280. The molecule has 0 bridgehead atoms. The summed E-state index contributed by atoms with van der Waals surface area (Å²) >= 11 is 0. The van der Waals surface area contributed by atoms with Crippen LogP contribution in [0, 0.1) is 0 Å². The number of hydrogen-bond acceptors (Lipinski definition) is 7. The largest absolute Gasteiger partial charge is 0.497 e. The summed E-state index contributed by atoms with van der Waals surface area (Å²) in [6, 6.07) is 18.7. The Hall–Kier alpha value is -3.98. The normalized spacial score (nSPS) is 15.3. The van der Waals surface area contributed by atoms with E-state index in [4.69, 9.17) is 9.26 Å². The lowest BCUT2D eigenvalue weighted by Crippen LogP contribution is -2.50. The number of carbonyl (C=O) groups is 1. The first-order chi connectivity index (χ1) is 16.7. The van der Waals surface area contributed by atoms with Crippen LogP contribution in [0.25, 0.3) is 11.4 Å². The first-order valence-electron chi connectivity index (χ1n) is 11.2. The Morgan fingerprint density at radius 1 is 1.03 bits per heavy atom. The predicted octanol–water partition coefficient (Wildman–Crippen LogP) is 2.88. The van der Waals surface area contributed by atoms with Gasteiger partial charge in [-0.1, -0.05) is 35.5 Å². The number of aromatic nitrogens is 4. The van der Waals surface area contributed by atoms with Crippen LogP contribution in [-0.4, -0.2) is 68.9 Å². The fourth-order valence-corrected chi connectivity index (χ4v) is 4.14. The van der Waals surface area contributed by atoms with Gasteiger partial charge < -0.3 is 14.2 Å². The highest BCUT2D eigenvalue weighted by atomic mass is 16.5. The molecule has 4 aromatic rings. The molecule has 9 heteroatoms. The van der Waals surface area contributed by atoms with Gasteiger partial charge in [-0.2, -0.15) is 10.1 Å². The molecule has 1 unspecified atom stereocenters. The lowest BCUT2D eigenvalue weighted by molar-refractivity contribution is -0.135. The molecule has 174 valence electrons. The van der Waals surface area contributed by atoms with Crippen LogP contribution in [0.1, 0.15) is 17.5 Å². The molecular weight excluding hydrogens is 432 g/mol. The maximum Gasteiger partial charge on any atom is 0.252 e. The Balaban J connectivity index is 1.21. The van der Waals surface area contributed by atoms with Crippen LogP contribution in [0.15, 0.2) is 77.6 Å². The molecule has 0 radical (unpaired) electrons. The summed E-state index contributed by atoms with van der Waals surface area (Å²) in [6.45, 7) is 3.26. The Bertz CT molecular complexity index is 1200. The Labute approximate surface area is 197 Å². The molecular formula is C25H26N6O3. The van der Waals surface area contributed by atoms with Crippen molar-refractivity contribution in [3.05, 3.63) is 84.5 Å². The molecule has 1 aliphatic heterocycles. The second-order valence-corrected chi connectivity index (χ2v) is 8.14. The third kappa shape index (κ3) is 4.69. The van der Waals surface area contributed by atoms with Gasteiger partial charge in [-0.15, -0.1) is 0 Å². The molecule has 0 aliphatic carbocycles. The molecule has 2 aromatic heterocycles. The van der Waals surface area contributed by atoms with Crippen LogP contribution in [0.2, 0.25) is 0 Å². The minimum atomic E-state index is -0.467. The van der Waals surface area contributed by atoms with E-state index in [0.717, 1.165) is 30.0 Å². The van der Waals surface area contributed by atoms with Gasteiger partial charge in [-0.05, 0) is 35.9 Å². The molecule has 1 aliphatic rings. The van der Waals surface area contributed by atoms with E-state index >= 15 is 0 Å². The SMILES string of the molecule is COc1ccc(-c2noc(CN3CCN(C(=O)C(c4ccccc4)n4cccn4)CC3)n2)cc1. The number of ether oxygens (including phenoxy) is 1. The maximum absolute atomic E-state index is 13.5. The van der Waals surface area contributed by atoms with Crippen molar-refractivity contribution >= 4 is 5.91 Å². The average molecular weight is 459 g/mol. The standard InChI is InChI=1S/C25H26N6O3/c1-33-21-10-8-20(9-11-21)24-27-22(34-28-24)18-29-14-16-30(17-15-29)25(32)23(31-13-5-12-26-31)19-6-3-2-4-7-19/h2-13,23H,14-18H2,1H3. The number of carbonyl (C=O) groups excluding carboxylic acids is 1. The van der Waals surface area contributed by atoms with Crippen molar-refractivity contribution in [2.24, 2.45) is 0 Å². The molecule has 9 nitrogen and oxygen atoms in total. The molecule has 1 atom stereocenters. The van der Waals surface area contributed by atoms with Crippen molar-refractivity contribution in [1.29, 1.82) is 0 Å². The van der Waals surface area contributed by atoms with Crippen LogP contribution in [0.5, 0.6) is 5.75 Å². The van der Waals surface area contributed by atoms with E-state index in [1.807, 2.05) is 71.8 Å². The number of piperazine rings is 1. The summed E-state index contributed by atoms with van der Waals surface area (Å²) in [7, 11) is 1.63. The van der Waals surface area contributed by atoms with Crippen molar-refractivity contribution in [2.45, 2.75) is 12.6 Å². The third-order valence-electron chi connectivity index (χ3n) is 6.00. The zero-order valence-corrected chi connectivity index (χ0v) is 18.9. The lowest BCUT2D eigenvalue weighted by Gasteiger charge is -2.35. The molecule has 0 spiro atoms. The van der Waals surface area contributed by atoms with Crippen molar-refractivity contribution in [3.63, 3.8) is 0 Å². The monoisotopic (exact) mass is 458 g/mol. The molecule has 1 amide bonds. The summed E-state index contributed by atoms with van der Waals surface area (Å²) in [5.74, 6) is 1.94. The first-order valence-corrected chi connectivity index (χ1v) is 11.2. The van der Waals surface area contributed by atoms with Crippen LogP contribution in [0.4, 0.5) is 0 Å². The van der Waals surface area contributed by atoms with Crippen molar-refractivity contribution in [1.82, 2.24) is 29.7 Å². The number of rotatable bonds is 7. The van der Waals surface area contributed by atoms with Gasteiger partial charge in [0.2, 0.25) is 11.7 Å². The van der Waals surface area contributed by atoms with Crippen molar-refractivity contribution < 1.29 is 14.1 Å². The lowest BCUT2D eigenvalue weighted by atomic mass is 10.1. The van der Waals surface area contributed by atoms with E-state index in [2.05, 4.69) is 20.1 Å². The Morgan fingerprint density at radius 2 is 1.79 bits per heavy atom. The van der Waals surface area contributed by atoms with Gasteiger partial charge in [-0.25, -0.2) is 0 Å². The first kappa shape index (κ1) is 21.8. The molecule has 5 rings (SSSR count). The second kappa shape index (κ2) is 9.88. The fourth-order valence-electron chi connectivity index (χ4n) is 4.14. The predicted molar refractivity (Wildman–Crippen MR) is 125 cm³/mol. The third-order valence-corrected chi connectivity index (χ3v) is 6.00. The highest BCUT2D eigenvalue weighted by Crippen LogP contribution is 2.23. The summed E-state index contributed by atoms with van der Waals surface area (Å²) in [6.07, 6.45) is 3.54. The quantitative estimate of drug-likeness (QED) is 0.421. The number of hydrogen-bond donors (Lipinski definition) is 0. The van der Waals surface area contributed by atoms with E-state index in [-0.39, 0.29) is 5.91 Å². The van der Waals surface area contributed by atoms with Crippen molar-refractivity contribution in [3.8, 4) is 17.1 Å². The summed E-state index contributed by atoms with van der Waals surface area (Å²) in [5, 5.41) is 8.45. The van der Waals surface area contributed by atoms with Gasteiger partial charge in [0, 0.05) is 44.1 Å². The number of benzene rings is 2. The van der Waals surface area contributed by atoms with Gasteiger partial charge in [0.1, 0.15) is 5.75 Å². The number of methoxy groups -OCH3 is 1. The van der Waals surface area contributed by atoms with Gasteiger partial charge in [-0.3, -0.25) is 14.4 Å². The molecule has 1 fully saturated rings. The summed E-state index contributed by atoms with van der Waals surface area (Å²) < 4.78 is 12.4. The summed E-state index contributed by atoms with van der Waals surface area (Å²) in [5.41, 5.74) is 1.80. The van der Waals surface area contributed by atoms with E-state index in [1.165, 1.54) is 0 Å². The minimum Gasteiger partial charge on any atom is -0.497 e. The van der Waals surface area contributed by atoms with E-state index in [0.29, 0.717) is 31.3 Å². The van der Waals surface area contributed by atoms with E-state index in [1.54, 1.807) is 18.0 Å². The second-order valence-electron chi connectivity index (χ2n) is 8.14. The van der Waals surface area contributed by atoms with Crippen LogP contribution in [0.3, 0.4) is 0 Å². The van der Waals surface area contributed by atoms with E-state index in [9.17, 15) is 4.79 Å². The zero-order chi connectivity index (χ0) is 23.3. The smallest absolute Gasteiger partial charge is 0.252 e. The number of nitrogens with zero attached hydrogens (tertiary/aromatic N) is 6. The Morgan fingerprint density at radius 3 is 2.47 bits per heavy atom. The van der Waals surface area contributed by atoms with E-state index < -0.39 is 6.04 Å². The van der Waals surface area contributed by atoms with Gasteiger partial charge in [0.05, 0.1) is 13.7 Å². The average Bonchev–Trinajstić information content (AvgIpc) is 3.58. The number of amides is 1. The van der Waals surface area contributed by atoms with Crippen molar-refractivity contribution in [2.75, 3.05) is 33.3 Å². The zero-order valence-electron chi connectivity index (χ0n) is 18.9. The van der Waals surface area contributed by atoms with Gasteiger partial charge in [0.15, 0.2) is 6.04 Å². The molecule has 0 saturated carbocycles. The highest BCUT2D eigenvalue weighted by Gasteiger charge is 2.30. The van der Waals surface area contributed by atoms with Gasteiger partial charge >= 0.3 is 0 Å². The molecule has 3 heterocycles. The van der Waals surface area contributed by atoms with Crippen LogP contribution < -0.4 is 4.74 Å². The van der Waals surface area contributed by atoms with Gasteiger partial charge in [0.25, 0.3) is 5.91 Å². The Kier molecular flexibility index (Phi) is 6.35. The highest BCUT2D eigenvalue weighted by molar-refractivity contribution is 5.83. The van der Waals surface area contributed by atoms with Crippen LogP contribution in [-0.2, 0) is 11.3 Å². The molecule has 34 heavy (non-hydrogen) atoms. The molecule has 1 saturated heterocycles. The molecule has 0 N–H and O–H groups in total. The maximum atomic E-state index is 13.5. The summed E-state index contributed by atoms with van der Waals surface area (Å²) in [4.78, 5) is 22.1. The van der Waals surface area contributed by atoms with Crippen LogP contribution >= 0.6 is 0 Å². The molecule has 2 aromatic carbocycles. The topological polar surface area (TPSA) is 89.5 Å². The minimum absolute atomic E-state index is 0.0501.